The second-order valence-corrected chi connectivity index (χ2v) is 8.78. The molecule has 1 amide bonds. The SMILES string of the molecule is O=C1CC2OCC=C3CN4CC[C@]56c7ccccc7N1[C@H]5[C@H]2[C@H]3C[C@H]46. The van der Waals surface area contributed by atoms with Gasteiger partial charge in [-0.2, -0.15) is 0 Å². The third-order valence-corrected chi connectivity index (χ3v) is 8.22. The van der Waals surface area contributed by atoms with Crippen molar-refractivity contribution in [3.63, 3.8) is 0 Å². The van der Waals surface area contributed by atoms with Crippen molar-refractivity contribution in [3.8, 4) is 0 Å². The van der Waals surface area contributed by atoms with Gasteiger partial charge in [-0.1, -0.05) is 29.8 Å². The summed E-state index contributed by atoms with van der Waals surface area (Å²) in [5, 5.41) is 0. The van der Waals surface area contributed by atoms with Crippen LogP contribution < -0.4 is 4.90 Å². The topological polar surface area (TPSA) is 32.8 Å². The molecule has 1 unspecified atom stereocenters. The maximum absolute atomic E-state index is 13.2. The highest BCUT2D eigenvalue weighted by Crippen LogP contribution is 2.65. The molecule has 2 bridgehead atoms. The van der Waals surface area contributed by atoms with Crippen LogP contribution in [-0.4, -0.2) is 48.7 Å². The smallest absolute Gasteiger partial charge is 0.229 e. The van der Waals surface area contributed by atoms with Crippen LogP contribution in [0.25, 0.3) is 0 Å². The molecule has 1 aliphatic carbocycles. The van der Waals surface area contributed by atoms with E-state index in [0.717, 1.165) is 6.54 Å². The lowest BCUT2D eigenvalue weighted by molar-refractivity contribution is -0.132. The minimum atomic E-state index is 0.104. The number of anilines is 1. The molecule has 25 heavy (non-hydrogen) atoms. The summed E-state index contributed by atoms with van der Waals surface area (Å²) in [4.78, 5) is 18.1. The number of ether oxygens (including phenoxy) is 1. The fraction of sp³-hybridized carbons (Fsp3) is 0.571. The Bertz CT molecular complexity index is 848. The van der Waals surface area contributed by atoms with Gasteiger partial charge in [0.05, 0.1) is 25.2 Å². The number of carbonyl (C=O) groups is 1. The highest BCUT2D eigenvalue weighted by Gasteiger charge is 2.70. The average Bonchev–Trinajstić information content (AvgIpc) is 3.10. The van der Waals surface area contributed by atoms with Gasteiger partial charge in [-0.3, -0.25) is 9.69 Å². The standard InChI is InChI=1S/C21H22N2O2/c24-18-10-16-19-13-9-17-21(6-7-22(17)11-12(13)5-8-25-16)14-3-1-2-4-15(14)23(18)20(19)21/h1-5,13,16-17,19-20H,6-11H2/t13-,16?,17-,19-,20-,21+/m0/s1. The fourth-order valence-electron chi connectivity index (χ4n) is 7.51. The van der Waals surface area contributed by atoms with Crippen LogP contribution in [0.5, 0.6) is 0 Å². The molecule has 5 aliphatic heterocycles. The molecular formula is C21H22N2O2. The number of carbonyl (C=O) groups excluding carboxylic acids is 1. The third-order valence-electron chi connectivity index (χ3n) is 8.22. The first kappa shape index (κ1) is 13.5. The number of hydrogen-bond acceptors (Lipinski definition) is 3. The first-order chi connectivity index (χ1) is 12.3. The van der Waals surface area contributed by atoms with E-state index >= 15 is 0 Å². The number of piperidine rings is 2. The van der Waals surface area contributed by atoms with Gasteiger partial charge in [0.25, 0.3) is 0 Å². The highest BCUT2D eigenvalue weighted by atomic mass is 16.5. The molecule has 0 N–H and O–H groups in total. The number of amides is 1. The van der Waals surface area contributed by atoms with Crippen LogP contribution in [-0.2, 0) is 14.9 Å². The molecule has 3 saturated heterocycles. The minimum Gasteiger partial charge on any atom is -0.373 e. The molecular weight excluding hydrogens is 312 g/mol. The molecule has 1 saturated carbocycles. The van der Waals surface area contributed by atoms with Crippen LogP contribution in [0.15, 0.2) is 35.9 Å². The quantitative estimate of drug-likeness (QED) is 0.681. The van der Waals surface area contributed by atoms with Gasteiger partial charge < -0.3 is 9.64 Å². The molecule has 128 valence electrons. The lowest BCUT2D eigenvalue weighted by Crippen LogP contribution is -2.69. The van der Waals surface area contributed by atoms with Gasteiger partial charge in [-0.15, -0.1) is 0 Å². The summed E-state index contributed by atoms with van der Waals surface area (Å²) in [7, 11) is 0. The van der Waals surface area contributed by atoms with Gasteiger partial charge in [0.1, 0.15) is 0 Å². The monoisotopic (exact) mass is 334 g/mol. The van der Waals surface area contributed by atoms with Crippen LogP contribution in [0.2, 0.25) is 0 Å². The number of fused-ring (bicyclic) bond motifs is 2. The normalized spacial score (nSPS) is 45.9. The number of nitrogens with zero attached hydrogens (tertiary/aromatic N) is 2. The zero-order valence-corrected chi connectivity index (χ0v) is 14.2. The predicted octanol–water partition coefficient (Wildman–Crippen LogP) is 2.09. The van der Waals surface area contributed by atoms with E-state index in [1.807, 2.05) is 0 Å². The molecule has 0 aromatic heterocycles. The molecule has 4 nitrogen and oxygen atoms in total. The maximum atomic E-state index is 13.2. The summed E-state index contributed by atoms with van der Waals surface area (Å²) in [6, 6.07) is 9.64. The lowest BCUT2D eigenvalue weighted by atomic mass is 9.53. The first-order valence-corrected chi connectivity index (χ1v) is 9.75. The molecule has 4 fully saturated rings. The van der Waals surface area contributed by atoms with Crippen LogP contribution in [0, 0.1) is 11.8 Å². The fourth-order valence-corrected chi connectivity index (χ4v) is 7.51. The van der Waals surface area contributed by atoms with E-state index in [1.54, 1.807) is 5.57 Å². The number of benzene rings is 1. The van der Waals surface area contributed by atoms with Crippen LogP contribution in [0.4, 0.5) is 5.69 Å². The minimum absolute atomic E-state index is 0.104. The molecule has 4 heteroatoms. The van der Waals surface area contributed by atoms with Crippen molar-refractivity contribution >= 4 is 11.6 Å². The Kier molecular flexibility index (Phi) is 2.27. The van der Waals surface area contributed by atoms with Crippen molar-refractivity contribution in [3.05, 3.63) is 41.5 Å². The lowest BCUT2D eigenvalue weighted by Gasteiger charge is -2.58. The molecule has 1 aromatic rings. The van der Waals surface area contributed by atoms with Gasteiger partial charge in [0.15, 0.2) is 0 Å². The van der Waals surface area contributed by atoms with E-state index in [-0.39, 0.29) is 17.4 Å². The number of para-hydroxylation sites is 1. The number of hydrogen-bond donors (Lipinski definition) is 0. The number of rotatable bonds is 0. The van der Waals surface area contributed by atoms with Gasteiger partial charge in [0.2, 0.25) is 5.91 Å². The van der Waals surface area contributed by atoms with Crippen LogP contribution in [0.3, 0.4) is 0 Å². The van der Waals surface area contributed by atoms with Crippen molar-refractivity contribution < 1.29 is 9.53 Å². The molecule has 6 atom stereocenters. The van der Waals surface area contributed by atoms with E-state index in [9.17, 15) is 4.79 Å². The zero-order chi connectivity index (χ0) is 16.3. The first-order valence-electron chi connectivity index (χ1n) is 9.75. The van der Waals surface area contributed by atoms with Gasteiger partial charge in [-0.25, -0.2) is 0 Å². The summed E-state index contributed by atoms with van der Waals surface area (Å²) in [5.41, 5.74) is 4.35. The Morgan fingerprint density at radius 2 is 2.16 bits per heavy atom. The third kappa shape index (κ3) is 1.33. The van der Waals surface area contributed by atoms with E-state index in [4.69, 9.17) is 4.74 Å². The molecule has 0 radical (unpaired) electrons. The van der Waals surface area contributed by atoms with E-state index in [1.165, 1.54) is 30.6 Å². The zero-order valence-electron chi connectivity index (χ0n) is 14.2. The Morgan fingerprint density at radius 1 is 1.24 bits per heavy atom. The van der Waals surface area contributed by atoms with Crippen molar-refractivity contribution in [2.45, 2.75) is 42.9 Å². The van der Waals surface area contributed by atoms with E-state index < -0.39 is 0 Å². The average molecular weight is 334 g/mol. The largest absolute Gasteiger partial charge is 0.373 e. The Balaban J connectivity index is 1.55. The summed E-state index contributed by atoms with van der Waals surface area (Å²) < 4.78 is 6.25. The molecule has 5 heterocycles. The molecule has 6 aliphatic rings. The van der Waals surface area contributed by atoms with E-state index in [2.05, 4.69) is 40.1 Å². The van der Waals surface area contributed by atoms with Crippen molar-refractivity contribution in [1.29, 1.82) is 0 Å². The molecule has 1 spiro atoms. The van der Waals surface area contributed by atoms with E-state index in [0.29, 0.717) is 36.9 Å². The Labute approximate surface area is 147 Å². The van der Waals surface area contributed by atoms with Gasteiger partial charge in [0, 0.05) is 29.6 Å². The highest BCUT2D eigenvalue weighted by molar-refractivity contribution is 5.99. The predicted molar refractivity (Wildman–Crippen MR) is 93.4 cm³/mol. The van der Waals surface area contributed by atoms with Crippen LogP contribution in [0.1, 0.15) is 24.8 Å². The Morgan fingerprint density at radius 3 is 3.12 bits per heavy atom. The second-order valence-electron chi connectivity index (χ2n) is 8.78. The molecule has 1 aromatic carbocycles. The van der Waals surface area contributed by atoms with Gasteiger partial charge >= 0.3 is 0 Å². The van der Waals surface area contributed by atoms with Crippen molar-refractivity contribution in [2.75, 3.05) is 24.6 Å². The van der Waals surface area contributed by atoms with Gasteiger partial charge in [-0.05, 0) is 36.9 Å². The summed E-state index contributed by atoms with van der Waals surface area (Å²) in [5.74, 6) is 1.35. The Hall–Kier alpha value is -1.65. The summed E-state index contributed by atoms with van der Waals surface area (Å²) in [6.07, 6.45) is 5.43. The van der Waals surface area contributed by atoms with Crippen molar-refractivity contribution in [2.24, 2.45) is 11.8 Å². The molecule has 7 rings (SSSR count). The maximum Gasteiger partial charge on any atom is 0.229 e. The van der Waals surface area contributed by atoms with Crippen molar-refractivity contribution in [1.82, 2.24) is 4.90 Å². The second kappa shape index (κ2) is 4.18. The summed E-state index contributed by atoms with van der Waals surface area (Å²) >= 11 is 0. The summed E-state index contributed by atoms with van der Waals surface area (Å²) in [6.45, 7) is 2.97. The van der Waals surface area contributed by atoms with Crippen LogP contribution >= 0.6 is 0 Å².